The number of esters is 1. The Labute approximate surface area is 118 Å². The zero-order valence-corrected chi connectivity index (χ0v) is 12.4. The molecule has 0 aliphatic rings. The number of carbonyl (C=O) groups is 1. The van der Waals surface area contributed by atoms with Crippen molar-refractivity contribution >= 4 is 23.7 Å². The Hall–Kier alpha value is -1.17. The molecule has 1 heterocycles. The normalized spacial score (nSPS) is 10.4. The van der Waals surface area contributed by atoms with Crippen LogP contribution in [0.15, 0.2) is 10.7 Å². The van der Waals surface area contributed by atoms with Crippen LogP contribution < -0.4 is 5.32 Å². The van der Waals surface area contributed by atoms with Gasteiger partial charge in [-0.1, -0.05) is 12.8 Å². The Kier molecular flexibility index (Phi) is 8.13. The van der Waals surface area contributed by atoms with Crippen LogP contribution in [0.25, 0.3) is 0 Å². The highest BCUT2D eigenvalue weighted by Gasteiger charge is 2.12. The summed E-state index contributed by atoms with van der Waals surface area (Å²) >= 11 is 1.89. The lowest BCUT2D eigenvalue weighted by Crippen LogP contribution is -2.06. The molecule has 1 aromatic heterocycles. The Bertz CT molecular complexity index is 369. The summed E-state index contributed by atoms with van der Waals surface area (Å²) in [4.78, 5) is 15.4. The number of oxazole rings is 1. The number of nitrogens with one attached hydrogen (secondary N) is 1. The fraction of sp³-hybridized carbons (Fsp3) is 0.692. The van der Waals surface area contributed by atoms with Gasteiger partial charge >= 0.3 is 5.97 Å². The van der Waals surface area contributed by atoms with E-state index in [1.54, 1.807) is 6.92 Å². The Morgan fingerprint density at radius 3 is 2.95 bits per heavy atom. The number of unbranched alkanes of at least 4 members (excludes halogenated alkanes) is 3. The standard InChI is InChI=1S/C13H22N2O3S/c1-3-17-12(16)11-10-18-13(15-11)14-8-6-4-5-7-9-19-2/h10H,3-9H2,1-2H3,(H,14,15). The van der Waals surface area contributed by atoms with E-state index in [4.69, 9.17) is 9.15 Å². The number of thioether (sulfide) groups is 1. The first-order valence-electron chi connectivity index (χ1n) is 6.63. The van der Waals surface area contributed by atoms with E-state index >= 15 is 0 Å². The molecule has 6 heteroatoms. The zero-order valence-electron chi connectivity index (χ0n) is 11.6. The minimum atomic E-state index is -0.448. The van der Waals surface area contributed by atoms with Crippen LogP contribution >= 0.6 is 11.8 Å². The highest BCUT2D eigenvalue weighted by atomic mass is 32.2. The molecule has 0 saturated carbocycles. The van der Waals surface area contributed by atoms with Gasteiger partial charge in [0.25, 0.3) is 6.01 Å². The van der Waals surface area contributed by atoms with Crippen molar-refractivity contribution in [3.05, 3.63) is 12.0 Å². The van der Waals surface area contributed by atoms with E-state index < -0.39 is 5.97 Å². The lowest BCUT2D eigenvalue weighted by molar-refractivity contribution is 0.0519. The molecule has 108 valence electrons. The van der Waals surface area contributed by atoms with E-state index in [0.717, 1.165) is 13.0 Å². The summed E-state index contributed by atoms with van der Waals surface area (Å²) in [7, 11) is 0. The monoisotopic (exact) mass is 286 g/mol. The smallest absolute Gasteiger partial charge is 0.360 e. The van der Waals surface area contributed by atoms with Gasteiger partial charge in [-0.05, 0) is 31.8 Å². The number of aromatic nitrogens is 1. The molecule has 0 aromatic carbocycles. The molecular weight excluding hydrogens is 264 g/mol. The third-order valence-corrected chi connectivity index (χ3v) is 3.24. The summed E-state index contributed by atoms with van der Waals surface area (Å²) < 4.78 is 9.98. The number of rotatable bonds is 10. The van der Waals surface area contributed by atoms with Gasteiger partial charge < -0.3 is 14.5 Å². The second-order valence-corrected chi connectivity index (χ2v) is 5.08. The molecule has 0 fully saturated rings. The van der Waals surface area contributed by atoms with Crippen molar-refractivity contribution in [3.8, 4) is 0 Å². The lowest BCUT2D eigenvalue weighted by atomic mass is 10.2. The molecule has 0 unspecified atom stereocenters. The predicted molar refractivity (Wildman–Crippen MR) is 77.8 cm³/mol. The van der Waals surface area contributed by atoms with Crippen LogP contribution in [0.2, 0.25) is 0 Å². The van der Waals surface area contributed by atoms with Crippen LogP contribution in [0.4, 0.5) is 6.01 Å². The number of carbonyl (C=O) groups excluding carboxylic acids is 1. The minimum Gasteiger partial charge on any atom is -0.461 e. The van der Waals surface area contributed by atoms with Crippen molar-refractivity contribution in [2.24, 2.45) is 0 Å². The van der Waals surface area contributed by atoms with Crippen molar-refractivity contribution in [2.75, 3.05) is 30.5 Å². The van der Waals surface area contributed by atoms with E-state index in [2.05, 4.69) is 16.6 Å². The number of hydrogen-bond donors (Lipinski definition) is 1. The van der Waals surface area contributed by atoms with Gasteiger partial charge in [0.1, 0.15) is 6.26 Å². The average Bonchev–Trinajstić information content (AvgIpc) is 2.87. The molecular formula is C13H22N2O3S. The maximum Gasteiger partial charge on any atom is 0.360 e. The van der Waals surface area contributed by atoms with Crippen LogP contribution in [0.1, 0.15) is 43.1 Å². The van der Waals surface area contributed by atoms with Crippen LogP contribution in [-0.4, -0.2) is 36.1 Å². The van der Waals surface area contributed by atoms with Crippen molar-refractivity contribution in [1.29, 1.82) is 0 Å². The van der Waals surface area contributed by atoms with Gasteiger partial charge in [0.05, 0.1) is 6.61 Å². The van der Waals surface area contributed by atoms with Crippen molar-refractivity contribution in [3.63, 3.8) is 0 Å². The fourth-order valence-electron chi connectivity index (χ4n) is 1.57. The molecule has 1 rings (SSSR count). The van der Waals surface area contributed by atoms with Crippen molar-refractivity contribution < 1.29 is 13.9 Å². The Balaban J connectivity index is 2.14. The van der Waals surface area contributed by atoms with E-state index in [-0.39, 0.29) is 5.69 Å². The van der Waals surface area contributed by atoms with Gasteiger partial charge in [0.2, 0.25) is 0 Å². The average molecular weight is 286 g/mol. The minimum absolute atomic E-state index is 0.212. The van der Waals surface area contributed by atoms with Crippen molar-refractivity contribution in [2.45, 2.75) is 32.6 Å². The van der Waals surface area contributed by atoms with Gasteiger partial charge in [-0.2, -0.15) is 16.7 Å². The van der Waals surface area contributed by atoms with E-state index in [9.17, 15) is 4.79 Å². The van der Waals surface area contributed by atoms with Gasteiger partial charge in [-0.15, -0.1) is 0 Å². The molecule has 19 heavy (non-hydrogen) atoms. The van der Waals surface area contributed by atoms with Crippen LogP contribution in [0.3, 0.4) is 0 Å². The molecule has 1 aromatic rings. The lowest BCUT2D eigenvalue weighted by Gasteiger charge is -2.01. The Morgan fingerprint density at radius 1 is 1.42 bits per heavy atom. The quantitative estimate of drug-likeness (QED) is 0.526. The molecule has 0 atom stereocenters. The molecule has 0 radical (unpaired) electrons. The second kappa shape index (κ2) is 9.72. The topological polar surface area (TPSA) is 64.4 Å². The summed E-state index contributed by atoms with van der Waals surface area (Å²) in [6.45, 7) is 2.90. The Morgan fingerprint density at radius 2 is 2.21 bits per heavy atom. The summed E-state index contributed by atoms with van der Waals surface area (Å²) in [6, 6.07) is 0.382. The summed E-state index contributed by atoms with van der Waals surface area (Å²) in [5, 5.41) is 3.06. The van der Waals surface area contributed by atoms with E-state index in [0.29, 0.717) is 12.6 Å². The van der Waals surface area contributed by atoms with Crippen LogP contribution in [0, 0.1) is 0 Å². The first-order chi connectivity index (χ1) is 9.27. The highest BCUT2D eigenvalue weighted by molar-refractivity contribution is 7.98. The number of anilines is 1. The summed E-state index contributed by atoms with van der Waals surface area (Å²) in [5.41, 5.74) is 0.212. The third kappa shape index (κ3) is 6.52. The van der Waals surface area contributed by atoms with Gasteiger partial charge in [0, 0.05) is 6.54 Å². The third-order valence-electron chi connectivity index (χ3n) is 2.54. The van der Waals surface area contributed by atoms with Crippen LogP contribution in [0.5, 0.6) is 0 Å². The SMILES string of the molecule is CCOC(=O)c1coc(NCCCCCCSC)n1. The van der Waals surface area contributed by atoms with Gasteiger partial charge in [0.15, 0.2) is 5.69 Å². The first kappa shape index (κ1) is 15.9. The van der Waals surface area contributed by atoms with Gasteiger partial charge in [-0.25, -0.2) is 4.79 Å². The maximum atomic E-state index is 11.4. The molecule has 0 aliphatic heterocycles. The number of ether oxygens (including phenoxy) is 1. The second-order valence-electron chi connectivity index (χ2n) is 4.09. The molecule has 0 aliphatic carbocycles. The van der Waals surface area contributed by atoms with Crippen molar-refractivity contribution in [1.82, 2.24) is 4.98 Å². The number of hydrogen-bond acceptors (Lipinski definition) is 6. The van der Waals surface area contributed by atoms with E-state index in [1.165, 1.54) is 31.3 Å². The van der Waals surface area contributed by atoms with Gasteiger partial charge in [-0.3, -0.25) is 0 Å². The molecule has 0 spiro atoms. The number of nitrogens with zero attached hydrogens (tertiary/aromatic N) is 1. The summed E-state index contributed by atoms with van der Waals surface area (Å²) in [6.07, 6.45) is 8.24. The predicted octanol–water partition coefficient (Wildman–Crippen LogP) is 3.19. The van der Waals surface area contributed by atoms with Crippen LogP contribution in [-0.2, 0) is 4.74 Å². The molecule has 1 N–H and O–H groups in total. The molecule has 0 amide bonds. The summed E-state index contributed by atoms with van der Waals surface area (Å²) in [5.74, 6) is 0.784. The molecule has 0 bridgehead atoms. The first-order valence-corrected chi connectivity index (χ1v) is 8.02. The molecule has 5 nitrogen and oxygen atoms in total. The largest absolute Gasteiger partial charge is 0.461 e. The van der Waals surface area contributed by atoms with E-state index in [1.807, 2.05) is 11.8 Å². The molecule has 0 saturated heterocycles. The fourth-order valence-corrected chi connectivity index (χ4v) is 2.07. The zero-order chi connectivity index (χ0) is 13.9. The highest BCUT2D eigenvalue weighted by Crippen LogP contribution is 2.10. The maximum absolute atomic E-state index is 11.4.